The molecule has 0 saturated carbocycles. The Morgan fingerprint density at radius 2 is 2.00 bits per heavy atom. The van der Waals surface area contributed by atoms with Crippen molar-refractivity contribution in [3.8, 4) is 5.69 Å². The van der Waals surface area contributed by atoms with E-state index < -0.39 is 5.60 Å². The van der Waals surface area contributed by atoms with Gasteiger partial charge in [0.05, 0.1) is 11.2 Å². The predicted octanol–water partition coefficient (Wildman–Crippen LogP) is 2.99. The summed E-state index contributed by atoms with van der Waals surface area (Å²) in [6, 6.07) is 9.41. The van der Waals surface area contributed by atoms with Crippen molar-refractivity contribution in [1.82, 2.24) is 14.5 Å². The van der Waals surface area contributed by atoms with Crippen molar-refractivity contribution in [3.63, 3.8) is 0 Å². The molecule has 0 fully saturated rings. The number of hydrogen-bond acceptors (Lipinski definition) is 4. The van der Waals surface area contributed by atoms with E-state index >= 15 is 0 Å². The Labute approximate surface area is 130 Å². The summed E-state index contributed by atoms with van der Waals surface area (Å²) in [5.41, 5.74) is 8.52. The molecule has 2 aromatic heterocycles. The standard InChI is InChI=1S/C15H15BrN4O/c1-15(2,21)13-6-5-12-14(19-13)18-8-20(12)9-3-4-11(17)10(16)7-9/h3-8,21H,17H2,1-2H3. The third kappa shape index (κ3) is 2.52. The first kappa shape index (κ1) is 14.0. The second kappa shape index (κ2) is 4.82. The van der Waals surface area contributed by atoms with Gasteiger partial charge in [-0.3, -0.25) is 4.57 Å². The zero-order valence-corrected chi connectivity index (χ0v) is 13.3. The van der Waals surface area contributed by atoms with Crippen LogP contribution in [0.25, 0.3) is 16.9 Å². The number of nitrogens with two attached hydrogens (primary N) is 1. The maximum atomic E-state index is 10.0. The van der Waals surface area contributed by atoms with Gasteiger partial charge in [0.1, 0.15) is 11.9 Å². The molecular weight excluding hydrogens is 332 g/mol. The summed E-state index contributed by atoms with van der Waals surface area (Å²) >= 11 is 3.43. The number of pyridine rings is 1. The normalized spacial score (nSPS) is 12.0. The van der Waals surface area contributed by atoms with Crippen LogP contribution in [0.5, 0.6) is 0 Å². The summed E-state index contributed by atoms with van der Waals surface area (Å²) in [6.45, 7) is 3.41. The van der Waals surface area contributed by atoms with E-state index in [9.17, 15) is 5.11 Å². The van der Waals surface area contributed by atoms with Crippen molar-refractivity contribution in [3.05, 3.63) is 46.8 Å². The Bertz CT molecular complexity index is 820. The highest BCUT2D eigenvalue weighted by Crippen LogP contribution is 2.26. The first-order chi connectivity index (χ1) is 9.86. The number of aliphatic hydroxyl groups is 1. The van der Waals surface area contributed by atoms with Crippen LogP contribution in [0.4, 0.5) is 5.69 Å². The number of hydrogen-bond donors (Lipinski definition) is 2. The molecule has 3 N–H and O–H groups in total. The largest absolute Gasteiger partial charge is 0.398 e. The van der Waals surface area contributed by atoms with Gasteiger partial charge in [-0.1, -0.05) is 0 Å². The Morgan fingerprint density at radius 1 is 1.24 bits per heavy atom. The number of rotatable bonds is 2. The van der Waals surface area contributed by atoms with Crippen LogP contribution in [0.3, 0.4) is 0 Å². The lowest BCUT2D eigenvalue weighted by molar-refractivity contribution is 0.0742. The van der Waals surface area contributed by atoms with E-state index in [1.807, 2.05) is 34.9 Å². The van der Waals surface area contributed by atoms with Crippen molar-refractivity contribution in [2.75, 3.05) is 5.73 Å². The van der Waals surface area contributed by atoms with Crippen molar-refractivity contribution in [2.24, 2.45) is 0 Å². The van der Waals surface area contributed by atoms with E-state index in [0.717, 1.165) is 15.7 Å². The van der Waals surface area contributed by atoms with Gasteiger partial charge >= 0.3 is 0 Å². The summed E-state index contributed by atoms with van der Waals surface area (Å²) in [4.78, 5) is 8.73. The highest BCUT2D eigenvalue weighted by molar-refractivity contribution is 9.10. The van der Waals surface area contributed by atoms with Gasteiger partial charge in [-0.25, -0.2) is 9.97 Å². The van der Waals surface area contributed by atoms with Crippen molar-refractivity contribution in [1.29, 1.82) is 0 Å². The highest BCUT2D eigenvalue weighted by Gasteiger charge is 2.19. The SMILES string of the molecule is CC(C)(O)c1ccc2c(ncn2-c2ccc(N)c(Br)c2)n1. The quantitative estimate of drug-likeness (QED) is 0.699. The molecule has 0 unspecified atom stereocenters. The molecule has 0 saturated heterocycles. The van der Waals surface area contributed by atoms with Crippen LogP contribution < -0.4 is 5.73 Å². The maximum absolute atomic E-state index is 10.0. The number of imidazole rings is 1. The molecule has 5 nitrogen and oxygen atoms in total. The smallest absolute Gasteiger partial charge is 0.178 e. The third-order valence-electron chi connectivity index (χ3n) is 3.30. The monoisotopic (exact) mass is 346 g/mol. The van der Waals surface area contributed by atoms with Crippen LogP contribution in [-0.4, -0.2) is 19.6 Å². The molecule has 0 aliphatic carbocycles. The van der Waals surface area contributed by atoms with Crippen molar-refractivity contribution < 1.29 is 5.11 Å². The minimum Gasteiger partial charge on any atom is -0.398 e. The lowest BCUT2D eigenvalue weighted by atomic mass is 10.1. The van der Waals surface area contributed by atoms with Gasteiger partial charge in [0.15, 0.2) is 5.65 Å². The fourth-order valence-electron chi connectivity index (χ4n) is 2.11. The Hall–Kier alpha value is -1.92. The summed E-state index contributed by atoms with van der Waals surface area (Å²) in [5, 5.41) is 10.0. The maximum Gasteiger partial charge on any atom is 0.178 e. The summed E-state index contributed by atoms with van der Waals surface area (Å²) in [6.07, 6.45) is 1.71. The van der Waals surface area contributed by atoms with Gasteiger partial charge in [0, 0.05) is 15.8 Å². The number of benzene rings is 1. The zero-order chi connectivity index (χ0) is 15.2. The molecule has 0 bridgehead atoms. The Kier molecular flexibility index (Phi) is 3.22. The molecular formula is C15H15BrN4O. The average Bonchev–Trinajstić information content (AvgIpc) is 2.84. The predicted molar refractivity (Wildman–Crippen MR) is 86.2 cm³/mol. The topological polar surface area (TPSA) is 77.0 Å². The van der Waals surface area contributed by atoms with E-state index in [1.54, 1.807) is 20.2 Å². The molecule has 3 rings (SSSR count). The zero-order valence-electron chi connectivity index (χ0n) is 11.7. The molecule has 2 heterocycles. The van der Waals surface area contributed by atoms with Gasteiger partial charge < -0.3 is 10.8 Å². The molecule has 3 aromatic rings. The first-order valence-corrected chi connectivity index (χ1v) is 7.28. The van der Waals surface area contributed by atoms with E-state index in [-0.39, 0.29) is 0 Å². The molecule has 0 radical (unpaired) electrons. The van der Waals surface area contributed by atoms with Crippen LogP contribution in [-0.2, 0) is 5.60 Å². The van der Waals surface area contributed by atoms with Gasteiger partial charge in [0.2, 0.25) is 0 Å². The molecule has 0 spiro atoms. The number of aromatic nitrogens is 3. The van der Waals surface area contributed by atoms with Crippen molar-refractivity contribution in [2.45, 2.75) is 19.4 Å². The lowest BCUT2D eigenvalue weighted by Crippen LogP contribution is -2.17. The van der Waals surface area contributed by atoms with Gasteiger partial charge in [-0.2, -0.15) is 0 Å². The van der Waals surface area contributed by atoms with Crippen LogP contribution in [0.1, 0.15) is 19.5 Å². The van der Waals surface area contributed by atoms with Gasteiger partial charge in [0.25, 0.3) is 0 Å². The summed E-state index contributed by atoms with van der Waals surface area (Å²) < 4.78 is 2.77. The Morgan fingerprint density at radius 3 is 2.67 bits per heavy atom. The minimum atomic E-state index is -0.984. The highest BCUT2D eigenvalue weighted by atomic mass is 79.9. The van der Waals surface area contributed by atoms with Crippen LogP contribution >= 0.6 is 15.9 Å². The third-order valence-corrected chi connectivity index (χ3v) is 3.99. The number of fused-ring (bicyclic) bond motifs is 1. The molecule has 21 heavy (non-hydrogen) atoms. The average molecular weight is 347 g/mol. The Balaban J connectivity index is 2.14. The number of nitrogens with zero attached hydrogens (tertiary/aromatic N) is 3. The minimum absolute atomic E-state index is 0.596. The van der Waals surface area contributed by atoms with Gasteiger partial charge in [-0.15, -0.1) is 0 Å². The van der Waals surface area contributed by atoms with Crippen LogP contribution in [0.2, 0.25) is 0 Å². The van der Waals surface area contributed by atoms with E-state index in [1.165, 1.54) is 0 Å². The summed E-state index contributed by atoms with van der Waals surface area (Å²) in [5.74, 6) is 0. The molecule has 0 atom stereocenters. The second-order valence-electron chi connectivity index (χ2n) is 5.42. The van der Waals surface area contributed by atoms with E-state index in [0.29, 0.717) is 17.0 Å². The molecule has 0 aliphatic rings. The summed E-state index contributed by atoms with van der Waals surface area (Å²) in [7, 11) is 0. The second-order valence-corrected chi connectivity index (χ2v) is 6.27. The molecule has 0 aliphatic heterocycles. The molecule has 0 amide bonds. The number of halogens is 1. The van der Waals surface area contributed by atoms with E-state index in [4.69, 9.17) is 5.73 Å². The number of nitrogen functional groups attached to an aromatic ring is 1. The lowest BCUT2D eigenvalue weighted by Gasteiger charge is -2.16. The van der Waals surface area contributed by atoms with E-state index in [2.05, 4.69) is 25.9 Å². The fraction of sp³-hybridized carbons (Fsp3) is 0.200. The molecule has 108 valence electrons. The van der Waals surface area contributed by atoms with Crippen molar-refractivity contribution >= 4 is 32.8 Å². The first-order valence-electron chi connectivity index (χ1n) is 6.48. The van der Waals surface area contributed by atoms with Crippen LogP contribution in [0.15, 0.2) is 41.1 Å². The molecule has 1 aromatic carbocycles. The fourth-order valence-corrected chi connectivity index (χ4v) is 2.48. The number of anilines is 1. The van der Waals surface area contributed by atoms with Crippen LogP contribution in [0, 0.1) is 0 Å². The molecule has 6 heteroatoms. The van der Waals surface area contributed by atoms with Gasteiger partial charge in [-0.05, 0) is 60.1 Å².